The van der Waals surface area contributed by atoms with Gasteiger partial charge in [0.05, 0.1) is 26.5 Å². The largest absolute Gasteiger partial charge is 0.493 e. The van der Waals surface area contributed by atoms with E-state index in [2.05, 4.69) is 10.3 Å². The van der Waals surface area contributed by atoms with Gasteiger partial charge in [0.15, 0.2) is 23.6 Å². The molecule has 2 heterocycles. The quantitative estimate of drug-likeness (QED) is 0.744. The Labute approximate surface area is 162 Å². The summed E-state index contributed by atoms with van der Waals surface area (Å²) in [7, 11) is 3.03. The second-order valence-corrected chi connectivity index (χ2v) is 6.73. The molecule has 0 N–H and O–H groups in total. The number of aryl methyl sites for hydroxylation is 1. The van der Waals surface area contributed by atoms with E-state index in [-0.39, 0.29) is 5.91 Å². The number of hydrogen-bond acceptors (Lipinski definition) is 7. The lowest BCUT2D eigenvalue weighted by molar-refractivity contribution is -0.123. The molecule has 0 aliphatic carbocycles. The maximum Gasteiger partial charge on any atom is 0.263 e. The van der Waals surface area contributed by atoms with Crippen LogP contribution in [0, 0.1) is 6.92 Å². The number of anilines is 1. The van der Waals surface area contributed by atoms with Gasteiger partial charge in [-0.3, -0.25) is 14.6 Å². The molecular formula is C20H20N4O4. The van der Waals surface area contributed by atoms with Crippen molar-refractivity contribution >= 4 is 17.5 Å². The molecule has 0 saturated carbocycles. The van der Waals surface area contributed by atoms with Gasteiger partial charge in [0.1, 0.15) is 0 Å². The van der Waals surface area contributed by atoms with Gasteiger partial charge in [-0.1, -0.05) is 35.1 Å². The molecule has 2 aromatic carbocycles. The number of ether oxygens (including phenoxy) is 2. The molecule has 2 atom stereocenters. The predicted octanol–water partition coefficient (Wildman–Crippen LogP) is 2.51. The van der Waals surface area contributed by atoms with Crippen LogP contribution in [0.5, 0.6) is 11.5 Å². The third-order valence-corrected chi connectivity index (χ3v) is 4.91. The van der Waals surface area contributed by atoms with Crippen LogP contribution in [0.15, 0.2) is 52.8 Å². The van der Waals surface area contributed by atoms with Crippen LogP contribution in [0.25, 0.3) is 0 Å². The minimum atomic E-state index is -0.828. The highest BCUT2D eigenvalue weighted by molar-refractivity contribution is 6.25. The van der Waals surface area contributed by atoms with Gasteiger partial charge in [-0.15, -0.1) is 0 Å². The highest BCUT2D eigenvalue weighted by Gasteiger charge is 2.54. The highest BCUT2D eigenvalue weighted by atomic mass is 16.5. The number of benzene rings is 2. The first-order valence-corrected chi connectivity index (χ1v) is 8.86. The Hall–Kier alpha value is -3.42. The summed E-state index contributed by atoms with van der Waals surface area (Å²) in [4.78, 5) is 27.1. The minimum Gasteiger partial charge on any atom is -0.493 e. The number of rotatable bonds is 5. The third-order valence-electron chi connectivity index (χ3n) is 4.91. The molecule has 1 fully saturated rings. The number of carbonyl (C=O) groups is 2. The van der Waals surface area contributed by atoms with Gasteiger partial charge in [0.2, 0.25) is 0 Å². The van der Waals surface area contributed by atoms with E-state index in [0.717, 1.165) is 16.0 Å². The lowest BCUT2D eigenvalue weighted by Crippen LogP contribution is -2.39. The van der Waals surface area contributed by atoms with Crippen LogP contribution >= 0.6 is 0 Å². The maximum atomic E-state index is 13.1. The van der Waals surface area contributed by atoms with Gasteiger partial charge in [0, 0.05) is 6.07 Å². The summed E-state index contributed by atoms with van der Waals surface area (Å²) in [5.74, 6) is 0.222. The first-order chi connectivity index (χ1) is 13.5. The molecule has 0 bridgehead atoms. The van der Waals surface area contributed by atoms with Crippen LogP contribution in [0.1, 0.15) is 11.1 Å². The van der Waals surface area contributed by atoms with Crippen molar-refractivity contribution < 1.29 is 19.1 Å². The Balaban J connectivity index is 1.61. The predicted molar refractivity (Wildman–Crippen MR) is 101 cm³/mol. The molecule has 2 amide bonds. The number of carbonyl (C=O) groups excluding carboxylic acids is 2. The summed E-state index contributed by atoms with van der Waals surface area (Å²) >= 11 is 0. The second-order valence-electron chi connectivity index (χ2n) is 6.73. The molecule has 144 valence electrons. The van der Waals surface area contributed by atoms with E-state index in [0.29, 0.717) is 23.7 Å². The topological polar surface area (TPSA) is 83.8 Å². The molecule has 0 unspecified atom stereocenters. The van der Waals surface area contributed by atoms with Crippen molar-refractivity contribution in [1.82, 2.24) is 5.01 Å². The van der Waals surface area contributed by atoms with E-state index in [4.69, 9.17) is 9.47 Å². The molecule has 0 aromatic heterocycles. The van der Waals surface area contributed by atoms with Crippen molar-refractivity contribution in [3.05, 3.63) is 53.6 Å². The van der Waals surface area contributed by atoms with Crippen LogP contribution in [0.2, 0.25) is 0 Å². The number of hydrogen-bond donors (Lipinski definition) is 0. The average Bonchev–Trinajstić information content (AvgIpc) is 3.21. The molecule has 2 aromatic rings. The van der Waals surface area contributed by atoms with E-state index in [9.17, 15) is 9.59 Å². The first kappa shape index (κ1) is 18.0. The molecule has 2 aliphatic heterocycles. The molecule has 8 nitrogen and oxygen atoms in total. The molecular weight excluding hydrogens is 360 g/mol. The molecule has 28 heavy (non-hydrogen) atoms. The van der Waals surface area contributed by atoms with Gasteiger partial charge in [-0.05, 0) is 24.6 Å². The summed E-state index contributed by atoms with van der Waals surface area (Å²) in [5, 5.41) is 9.73. The third kappa shape index (κ3) is 2.87. The number of fused-ring (bicyclic) bond motifs is 1. The summed E-state index contributed by atoms with van der Waals surface area (Å²) in [6, 6.07) is 11.3. The molecule has 4 rings (SSSR count). The van der Waals surface area contributed by atoms with Gasteiger partial charge in [-0.2, -0.15) is 5.11 Å². The van der Waals surface area contributed by atoms with Crippen molar-refractivity contribution in [2.75, 3.05) is 19.1 Å². The average molecular weight is 380 g/mol. The molecule has 2 aliphatic rings. The first-order valence-electron chi connectivity index (χ1n) is 8.86. The van der Waals surface area contributed by atoms with Gasteiger partial charge in [-0.25, -0.2) is 4.90 Å². The van der Waals surface area contributed by atoms with E-state index < -0.39 is 18.0 Å². The van der Waals surface area contributed by atoms with Crippen LogP contribution in [-0.4, -0.2) is 43.1 Å². The lowest BCUT2D eigenvalue weighted by Gasteiger charge is -2.21. The smallest absolute Gasteiger partial charge is 0.263 e. The lowest BCUT2D eigenvalue weighted by atomic mass is 10.1. The SMILES string of the molecule is COc1ccc(N2C(=O)[C@@H]3[C@@H](N=NN3Cc3cccc(C)c3)C2=O)cc1OC. The number of imide groups is 1. The number of methoxy groups -OCH3 is 2. The molecule has 0 spiro atoms. The van der Waals surface area contributed by atoms with Crippen molar-refractivity contribution in [1.29, 1.82) is 0 Å². The van der Waals surface area contributed by atoms with E-state index in [1.165, 1.54) is 14.2 Å². The fraction of sp³-hybridized carbons (Fsp3) is 0.300. The Morgan fingerprint density at radius 1 is 1.00 bits per heavy atom. The molecule has 8 heteroatoms. The standard InChI is InChI=1S/C20H20N4O4/c1-12-5-4-6-13(9-12)11-23-18-17(21-22-23)19(25)24(20(18)26)14-7-8-15(27-2)16(10-14)28-3/h4-10,17-18H,11H2,1-3H3/t17-,18+/m1/s1. The van der Waals surface area contributed by atoms with Crippen LogP contribution in [0.4, 0.5) is 5.69 Å². The van der Waals surface area contributed by atoms with Crippen LogP contribution < -0.4 is 14.4 Å². The fourth-order valence-corrected chi connectivity index (χ4v) is 3.57. The Kier molecular flexibility index (Phi) is 4.46. The van der Waals surface area contributed by atoms with Gasteiger partial charge < -0.3 is 9.47 Å². The monoisotopic (exact) mass is 380 g/mol. The Bertz CT molecular complexity index is 974. The van der Waals surface area contributed by atoms with Crippen molar-refractivity contribution in [2.45, 2.75) is 25.6 Å². The highest BCUT2D eigenvalue weighted by Crippen LogP contribution is 2.36. The van der Waals surface area contributed by atoms with Crippen molar-refractivity contribution in [3.63, 3.8) is 0 Å². The van der Waals surface area contributed by atoms with E-state index >= 15 is 0 Å². The van der Waals surface area contributed by atoms with E-state index in [1.54, 1.807) is 23.2 Å². The molecule has 1 saturated heterocycles. The summed E-state index contributed by atoms with van der Waals surface area (Å²) in [6.07, 6.45) is 0. The fourth-order valence-electron chi connectivity index (χ4n) is 3.57. The van der Waals surface area contributed by atoms with Gasteiger partial charge >= 0.3 is 0 Å². The van der Waals surface area contributed by atoms with Crippen LogP contribution in [-0.2, 0) is 16.1 Å². The zero-order valence-electron chi connectivity index (χ0n) is 15.8. The van der Waals surface area contributed by atoms with E-state index in [1.807, 2.05) is 31.2 Å². The van der Waals surface area contributed by atoms with Crippen molar-refractivity contribution in [3.8, 4) is 11.5 Å². The zero-order chi connectivity index (χ0) is 19.8. The Morgan fingerprint density at radius 2 is 1.79 bits per heavy atom. The summed E-state index contributed by atoms with van der Waals surface area (Å²) in [5.41, 5.74) is 2.54. The minimum absolute atomic E-state index is 0.347. The molecule has 0 radical (unpaired) electrons. The van der Waals surface area contributed by atoms with Crippen LogP contribution in [0.3, 0.4) is 0 Å². The van der Waals surface area contributed by atoms with Crippen molar-refractivity contribution in [2.24, 2.45) is 10.3 Å². The second kappa shape index (κ2) is 6.95. The summed E-state index contributed by atoms with van der Waals surface area (Å²) in [6.45, 7) is 2.41. The normalized spacial score (nSPS) is 20.7. The van der Waals surface area contributed by atoms with Gasteiger partial charge in [0.25, 0.3) is 11.8 Å². The number of amides is 2. The Morgan fingerprint density at radius 3 is 2.50 bits per heavy atom. The number of nitrogens with zero attached hydrogens (tertiary/aromatic N) is 4. The zero-order valence-corrected chi connectivity index (χ0v) is 15.8. The summed E-state index contributed by atoms with van der Waals surface area (Å²) < 4.78 is 10.5. The maximum absolute atomic E-state index is 13.1.